The van der Waals surface area contributed by atoms with E-state index in [-0.39, 0.29) is 51.0 Å². The van der Waals surface area contributed by atoms with Gasteiger partial charge in [0.1, 0.15) is 17.4 Å². The van der Waals surface area contributed by atoms with E-state index in [1.54, 1.807) is 25.9 Å². The molecule has 380 valence electrons. The summed E-state index contributed by atoms with van der Waals surface area (Å²) in [5, 5.41) is 19.8. The first kappa shape index (κ1) is 61.8. The van der Waals surface area contributed by atoms with Crippen LogP contribution in [-0.4, -0.2) is 115 Å². The summed E-state index contributed by atoms with van der Waals surface area (Å²) in [5.41, 5.74) is 1.35. The Hall–Kier alpha value is -4.19. The minimum absolute atomic E-state index is 0.0223. The number of hydrogen-bond donors (Lipinski definition) is 6. The molecule has 18 nitrogen and oxygen atoms in total. The molecule has 0 bridgehead atoms. The second-order valence-electron chi connectivity index (χ2n) is 14.8. The van der Waals surface area contributed by atoms with E-state index in [9.17, 15) is 36.5 Å². The van der Waals surface area contributed by atoms with Crippen molar-refractivity contribution in [1.82, 2.24) is 30.0 Å². The number of para-hydroxylation sites is 1. The second-order valence-corrected chi connectivity index (χ2v) is 18.2. The predicted molar refractivity (Wildman–Crippen MR) is 257 cm³/mol. The van der Waals surface area contributed by atoms with E-state index in [4.69, 9.17) is 59.2 Å². The first-order valence-corrected chi connectivity index (χ1v) is 24.3. The summed E-state index contributed by atoms with van der Waals surface area (Å²) in [4.78, 5) is 64.1. The molecule has 2 aromatic carbocycles. The fourth-order valence-electron chi connectivity index (χ4n) is 5.68. The third kappa shape index (κ3) is 20.8. The minimum atomic E-state index is -4.69. The van der Waals surface area contributed by atoms with Crippen molar-refractivity contribution in [2.75, 3.05) is 54.5 Å². The molecule has 0 aliphatic carbocycles. The SMILES string of the molecule is CC(C)OC(=O)c1cc(-c2nn(C)c(C(F)(F)F)c2Br)c(F)cc1Cl.CCNc1nc(Cl)nc(NC(C)C)n1.CCc1cccc(C)c1N(C(=O)CCl)C(C)COC.O=C(O)CNCP(=O)(O)O. The molecule has 0 aliphatic rings. The van der Waals surface area contributed by atoms with Gasteiger partial charge in [-0.2, -0.15) is 33.2 Å². The number of aromatic nitrogens is 5. The predicted octanol–water partition coefficient (Wildman–Crippen LogP) is 8.96. The van der Waals surface area contributed by atoms with Gasteiger partial charge < -0.3 is 39.9 Å². The van der Waals surface area contributed by atoms with Crippen LogP contribution < -0.4 is 20.9 Å². The van der Waals surface area contributed by atoms with Crippen LogP contribution in [0.4, 0.5) is 35.1 Å². The Labute approximate surface area is 415 Å². The van der Waals surface area contributed by atoms with E-state index in [1.807, 2.05) is 46.8 Å². The van der Waals surface area contributed by atoms with E-state index in [2.05, 4.69) is 64.9 Å². The van der Waals surface area contributed by atoms with Crippen LogP contribution in [0.2, 0.25) is 10.3 Å². The summed E-state index contributed by atoms with van der Waals surface area (Å²) in [5.74, 6) is -2.00. The number of methoxy groups -OCH3 is 1. The van der Waals surface area contributed by atoms with Gasteiger partial charge >= 0.3 is 25.7 Å². The molecule has 0 spiro atoms. The number of aliphatic carboxylic acids is 1. The van der Waals surface area contributed by atoms with Crippen LogP contribution in [0.5, 0.6) is 0 Å². The molecule has 1 amide bonds. The number of aryl methyl sites for hydroxylation is 3. The number of halogens is 8. The smallest absolute Gasteiger partial charge is 0.434 e. The first-order valence-electron chi connectivity index (χ1n) is 20.4. The molecule has 2 heterocycles. The van der Waals surface area contributed by atoms with Crippen molar-refractivity contribution in [2.24, 2.45) is 7.05 Å². The molecular formula is C41H56BrCl3F4N9O9P. The molecule has 2 aromatic heterocycles. The number of esters is 1. The van der Waals surface area contributed by atoms with Crippen LogP contribution in [0.3, 0.4) is 0 Å². The number of hydrogen-bond acceptors (Lipinski definition) is 13. The number of rotatable bonds is 17. The van der Waals surface area contributed by atoms with Gasteiger partial charge in [0, 0.05) is 32.3 Å². The molecule has 68 heavy (non-hydrogen) atoms. The number of anilines is 3. The van der Waals surface area contributed by atoms with Gasteiger partial charge in [-0.05, 0) is 106 Å². The summed E-state index contributed by atoms with van der Waals surface area (Å²) < 4.78 is 73.9. The Balaban J connectivity index is 0.000000478. The monoisotopic (exact) mass is 1110 g/mol. The molecule has 0 fully saturated rings. The molecule has 0 saturated carbocycles. The molecule has 0 saturated heterocycles. The van der Waals surface area contributed by atoms with Crippen LogP contribution in [0.1, 0.15) is 75.6 Å². The van der Waals surface area contributed by atoms with Gasteiger partial charge in [-0.1, -0.05) is 36.7 Å². The Morgan fingerprint density at radius 1 is 1.03 bits per heavy atom. The summed E-state index contributed by atoms with van der Waals surface area (Å²) in [7, 11) is -1.38. The molecule has 27 heteroatoms. The Morgan fingerprint density at radius 3 is 2.13 bits per heavy atom. The van der Waals surface area contributed by atoms with Gasteiger partial charge in [0.15, 0.2) is 5.69 Å². The summed E-state index contributed by atoms with van der Waals surface area (Å²) in [6, 6.07) is 8.17. The van der Waals surface area contributed by atoms with Crippen molar-refractivity contribution in [1.29, 1.82) is 0 Å². The van der Waals surface area contributed by atoms with Crippen molar-refractivity contribution in [2.45, 2.75) is 86.2 Å². The Morgan fingerprint density at radius 2 is 1.65 bits per heavy atom. The van der Waals surface area contributed by atoms with Gasteiger partial charge in [0.05, 0.1) is 52.3 Å². The lowest BCUT2D eigenvalue weighted by Gasteiger charge is -2.31. The summed E-state index contributed by atoms with van der Waals surface area (Å²) in [6.07, 6.45) is -4.86. The fraction of sp³-hybridized carbons (Fsp3) is 0.488. The number of alkyl halides is 4. The molecular weight excluding hydrogens is 1060 g/mol. The molecule has 4 rings (SSSR count). The topological polar surface area (TPSA) is 243 Å². The van der Waals surface area contributed by atoms with Gasteiger partial charge in [-0.15, -0.1) is 11.6 Å². The zero-order chi connectivity index (χ0) is 52.3. The third-order valence-corrected chi connectivity index (χ3v) is 10.4. The molecule has 0 radical (unpaired) electrons. The number of nitrogens with one attached hydrogen (secondary N) is 3. The van der Waals surface area contributed by atoms with E-state index in [1.165, 1.54) is 0 Å². The number of carboxylic acids is 1. The highest BCUT2D eigenvalue weighted by molar-refractivity contribution is 9.10. The number of amides is 1. The van der Waals surface area contributed by atoms with Crippen molar-refractivity contribution >= 4 is 93.8 Å². The lowest BCUT2D eigenvalue weighted by Crippen LogP contribution is -2.43. The van der Waals surface area contributed by atoms with Crippen LogP contribution >= 0.6 is 58.3 Å². The maximum atomic E-state index is 14.3. The van der Waals surface area contributed by atoms with Gasteiger partial charge in [0.25, 0.3) is 0 Å². The summed E-state index contributed by atoms with van der Waals surface area (Å²) in [6.45, 7) is 16.1. The highest BCUT2D eigenvalue weighted by Crippen LogP contribution is 2.41. The number of carbonyl (C=O) groups is 3. The quantitative estimate of drug-likeness (QED) is 0.0250. The zero-order valence-corrected chi connectivity index (χ0v) is 43.6. The number of carboxylic acid groups (broad SMARTS) is 1. The van der Waals surface area contributed by atoms with Gasteiger partial charge in [-0.3, -0.25) is 24.2 Å². The van der Waals surface area contributed by atoms with Crippen molar-refractivity contribution in [3.63, 3.8) is 0 Å². The Kier molecular flexibility index (Phi) is 26.5. The highest BCUT2D eigenvalue weighted by Gasteiger charge is 2.39. The average Bonchev–Trinajstić information content (AvgIpc) is 3.51. The lowest BCUT2D eigenvalue weighted by molar-refractivity contribution is -0.144. The maximum Gasteiger partial charge on any atom is 0.434 e. The maximum absolute atomic E-state index is 14.3. The van der Waals surface area contributed by atoms with Crippen LogP contribution in [0.15, 0.2) is 34.8 Å². The normalized spacial score (nSPS) is 11.6. The van der Waals surface area contributed by atoms with Crippen LogP contribution in [0.25, 0.3) is 11.3 Å². The number of benzene rings is 2. The average molecular weight is 1110 g/mol. The standard InChI is InChI=1S/C15H12BrClF4N2O2.C15H22ClNO2.C8H14ClN5.C3H8NO5P/c1-6(2)25-14(24)7-4-8(10(18)5-9(7)17)12-11(16)13(15(19,20)21)23(3)22-12;1-5-13-8-6-7-11(2)15(13)17(14(18)9-16)12(3)10-19-4;1-4-10-7-12-6(9)13-8(14-7)11-5(2)3;5-3(6)1-4-2-10(7,8)9/h4-6H,1-3H3;6-8,12H,5,9-10H2,1-4H3;5H,4H2,1-3H3,(H2,10,11,12,13,14);4H,1-2H2,(H,5,6)(H2,7,8,9). The van der Waals surface area contributed by atoms with Crippen molar-refractivity contribution in [3.8, 4) is 11.3 Å². The molecule has 0 aliphatic heterocycles. The fourth-order valence-corrected chi connectivity index (χ4v) is 7.38. The van der Waals surface area contributed by atoms with Crippen LogP contribution in [-0.2, 0) is 43.3 Å². The number of carbonyl (C=O) groups excluding carboxylic acids is 2. The second kappa shape index (κ2) is 29.1. The van der Waals surface area contributed by atoms with Gasteiger partial charge in [-0.25, -0.2) is 9.18 Å². The summed E-state index contributed by atoms with van der Waals surface area (Å²) >= 11 is 20.2. The zero-order valence-electron chi connectivity index (χ0n) is 38.8. The Bertz CT molecular complexity index is 2350. The lowest BCUT2D eigenvalue weighted by atomic mass is 10.0. The first-order chi connectivity index (χ1) is 31.5. The van der Waals surface area contributed by atoms with Crippen LogP contribution in [0, 0.1) is 12.7 Å². The molecule has 1 unspecified atom stereocenters. The third-order valence-electron chi connectivity index (χ3n) is 8.26. The molecule has 6 N–H and O–H groups in total. The van der Waals surface area contributed by atoms with E-state index < -0.39 is 60.6 Å². The highest BCUT2D eigenvalue weighted by atomic mass is 79.9. The molecule has 1 atom stereocenters. The van der Waals surface area contributed by atoms with Crippen molar-refractivity contribution < 1.29 is 60.9 Å². The van der Waals surface area contributed by atoms with Gasteiger partial charge in [0.2, 0.25) is 23.1 Å². The molecule has 4 aromatic rings. The van der Waals surface area contributed by atoms with E-state index in [0.717, 1.165) is 49.0 Å². The number of ether oxygens (including phenoxy) is 2. The largest absolute Gasteiger partial charge is 0.480 e. The van der Waals surface area contributed by atoms with E-state index >= 15 is 0 Å². The van der Waals surface area contributed by atoms with Crippen molar-refractivity contribution in [3.05, 3.63) is 73.3 Å². The number of nitrogens with zero attached hydrogens (tertiary/aromatic N) is 6. The minimum Gasteiger partial charge on any atom is -0.480 e. The van der Waals surface area contributed by atoms with E-state index in [0.29, 0.717) is 23.2 Å².